The maximum Gasteiger partial charge on any atom is 0.274 e. The summed E-state index contributed by atoms with van der Waals surface area (Å²) in [6, 6.07) is 5.38. The molecule has 1 heterocycles. The predicted molar refractivity (Wildman–Crippen MR) is 89.3 cm³/mol. The molecule has 0 aromatic heterocycles. The number of carbonyl (C=O) groups is 2. The highest BCUT2D eigenvalue weighted by Gasteiger charge is 2.30. The van der Waals surface area contributed by atoms with Crippen LogP contribution in [0.25, 0.3) is 0 Å². The first-order valence-electron chi connectivity index (χ1n) is 8.67. The van der Waals surface area contributed by atoms with Crippen molar-refractivity contribution in [3.8, 4) is 0 Å². The summed E-state index contributed by atoms with van der Waals surface area (Å²) in [7, 11) is 0. The zero-order valence-corrected chi connectivity index (χ0v) is 13.8. The molecule has 130 valence electrons. The molecule has 0 atom stereocenters. The topological polar surface area (TPSA) is 95.7 Å². The highest BCUT2D eigenvalue weighted by molar-refractivity contribution is 5.93. The third-order valence-corrected chi connectivity index (χ3v) is 5.42. The van der Waals surface area contributed by atoms with E-state index in [9.17, 15) is 9.59 Å². The van der Waals surface area contributed by atoms with E-state index in [0.29, 0.717) is 24.6 Å². The molecule has 3 rings (SSSR count). The van der Waals surface area contributed by atoms with Crippen LogP contribution in [-0.4, -0.2) is 35.0 Å². The minimum absolute atomic E-state index is 0.110. The fourth-order valence-electron chi connectivity index (χ4n) is 3.85. The molecule has 24 heavy (non-hydrogen) atoms. The van der Waals surface area contributed by atoms with Gasteiger partial charge < -0.3 is 10.6 Å². The maximum absolute atomic E-state index is 12.8. The van der Waals surface area contributed by atoms with Gasteiger partial charge in [-0.05, 0) is 67.8 Å². The van der Waals surface area contributed by atoms with Gasteiger partial charge in [0, 0.05) is 24.6 Å². The van der Waals surface area contributed by atoms with Gasteiger partial charge in [-0.2, -0.15) is 0 Å². The lowest BCUT2D eigenvalue weighted by atomic mass is 9.81. The number of amides is 2. The molecular weight excluding hydrogens is 306 g/mol. The van der Waals surface area contributed by atoms with Crippen molar-refractivity contribution in [2.45, 2.75) is 38.6 Å². The minimum Gasteiger partial charge on any atom is -0.338 e. The molecule has 6 heteroatoms. The van der Waals surface area contributed by atoms with Gasteiger partial charge in [0.2, 0.25) is 5.91 Å². The summed E-state index contributed by atoms with van der Waals surface area (Å²) >= 11 is 0. The zero-order valence-electron chi connectivity index (χ0n) is 13.8. The first-order valence-corrected chi connectivity index (χ1v) is 8.67. The quantitative estimate of drug-likeness (QED) is 0.577. The van der Waals surface area contributed by atoms with Crippen LogP contribution in [-0.2, 0) is 17.8 Å². The molecule has 1 fully saturated rings. The van der Waals surface area contributed by atoms with Gasteiger partial charge in [0.05, 0.1) is 0 Å². The Labute approximate surface area is 142 Å². The second-order valence-corrected chi connectivity index (χ2v) is 6.89. The van der Waals surface area contributed by atoms with Crippen molar-refractivity contribution in [3.63, 3.8) is 0 Å². The van der Waals surface area contributed by atoms with E-state index in [2.05, 4.69) is 0 Å². The average Bonchev–Trinajstić information content (AvgIpc) is 2.65. The lowest BCUT2D eigenvalue weighted by Crippen LogP contribution is -2.41. The van der Waals surface area contributed by atoms with Crippen molar-refractivity contribution in [2.75, 3.05) is 13.1 Å². The van der Waals surface area contributed by atoms with Crippen LogP contribution in [0, 0.1) is 11.8 Å². The van der Waals surface area contributed by atoms with Crippen LogP contribution in [0.15, 0.2) is 18.2 Å². The van der Waals surface area contributed by atoms with Crippen molar-refractivity contribution >= 4 is 11.8 Å². The standard InChI is InChI=1S/C18H25N3O3/c19-10-12-1-3-14(4-2-12)18(23)21-8-7-13-5-6-15(17(22)20-24)9-16(13)11-21/h5-6,9,12,14,24H,1-4,7-8,10-11,19H2,(H,20,22). The van der Waals surface area contributed by atoms with Gasteiger partial charge >= 0.3 is 0 Å². The number of hydroxylamine groups is 1. The third kappa shape index (κ3) is 3.44. The van der Waals surface area contributed by atoms with Crippen LogP contribution in [0.1, 0.15) is 47.2 Å². The Hall–Kier alpha value is -1.92. The normalized spacial score (nSPS) is 23.5. The molecule has 1 aliphatic heterocycles. The van der Waals surface area contributed by atoms with Gasteiger partial charge in [-0.25, -0.2) is 5.48 Å². The second-order valence-electron chi connectivity index (χ2n) is 6.89. The van der Waals surface area contributed by atoms with Crippen molar-refractivity contribution in [1.29, 1.82) is 0 Å². The molecule has 1 aliphatic carbocycles. The average molecular weight is 331 g/mol. The highest BCUT2D eigenvalue weighted by atomic mass is 16.5. The molecule has 0 unspecified atom stereocenters. The summed E-state index contributed by atoms with van der Waals surface area (Å²) in [6.07, 6.45) is 4.74. The summed E-state index contributed by atoms with van der Waals surface area (Å²) in [5.41, 5.74) is 9.95. The lowest BCUT2D eigenvalue weighted by molar-refractivity contribution is -0.137. The van der Waals surface area contributed by atoms with Gasteiger partial charge in [0.25, 0.3) is 5.91 Å². The number of fused-ring (bicyclic) bond motifs is 1. The van der Waals surface area contributed by atoms with E-state index in [1.165, 1.54) is 5.56 Å². The van der Waals surface area contributed by atoms with Gasteiger partial charge in [0.15, 0.2) is 0 Å². The summed E-state index contributed by atoms with van der Waals surface area (Å²) in [6.45, 7) is 1.99. The third-order valence-electron chi connectivity index (χ3n) is 5.42. The number of carbonyl (C=O) groups excluding carboxylic acids is 2. The smallest absolute Gasteiger partial charge is 0.274 e. The molecular formula is C18H25N3O3. The molecule has 4 N–H and O–H groups in total. The van der Waals surface area contributed by atoms with Gasteiger partial charge in [-0.3, -0.25) is 14.8 Å². The van der Waals surface area contributed by atoms with Crippen molar-refractivity contribution in [2.24, 2.45) is 17.6 Å². The predicted octanol–water partition coefficient (Wildman–Crippen LogP) is 1.46. The molecule has 1 saturated carbocycles. The molecule has 2 aliphatic rings. The van der Waals surface area contributed by atoms with Crippen LogP contribution >= 0.6 is 0 Å². The Morgan fingerprint density at radius 3 is 2.62 bits per heavy atom. The number of rotatable bonds is 3. The molecule has 1 aromatic rings. The van der Waals surface area contributed by atoms with E-state index in [0.717, 1.165) is 44.2 Å². The molecule has 0 saturated heterocycles. The monoisotopic (exact) mass is 331 g/mol. The first kappa shape index (κ1) is 16.9. The van der Waals surface area contributed by atoms with Crippen molar-refractivity contribution in [3.05, 3.63) is 34.9 Å². The number of nitrogens with one attached hydrogen (secondary N) is 1. The van der Waals surface area contributed by atoms with Crippen LogP contribution in [0.4, 0.5) is 0 Å². The van der Waals surface area contributed by atoms with Crippen LogP contribution in [0.3, 0.4) is 0 Å². The molecule has 6 nitrogen and oxygen atoms in total. The summed E-state index contributed by atoms with van der Waals surface area (Å²) < 4.78 is 0. The van der Waals surface area contributed by atoms with Crippen LogP contribution < -0.4 is 11.2 Å². The highest BCUT2D eigenvalue weighted by Crippen LogP contribution is 2.31. The minimum atomic E-state index is -0.527. The lowest BCUT2D eigenvalue weighted by Gasteiger charge is -2.34. The van der Waals surface area contributed by atoms with Crippen LogP contribution in [0.2, 0.25) is 0 Å². The Balaban J connectivity index is 1.68. The Kier molecular flexibility index (Phi) is 5.16. The van der Waals surface area contributed by atoms with E-state index >= 15 is 0 Å². The Morgan fingerprint density at radius 1 is 1.21 bits per heavy atom. The molecule has 0 bridgehead atoms. The number of benzene rings is 1. The fraction of sp³-hybridized carbons (Fsp3) is 0.556. The zero-order chi connectivity index (χ0) is 17.1. The number of hydrogen-bond acceptors (Lipinski definition) is 4. The second kappa shape index (κ2) is 7.32. The molecule has 0 radical (unpaired) electrons. The van der Waals surface area contributed by atoms with E-state index in [1.54, 1.807) is 17.6 Å². The largest absolute Gasteiger partial charge is 0.338 e. The van der Waals surface area contributed by atoms with E-state index < -0.39 is 5.91 Å². The molecule has 0 spiro atoms. The number of nitrogens with zero attached hydrogens (tertiary/aromatic N) is 1. The molecule has 2 amide bonds. The van der Waals surface area contributed by atoms with Gasteiger partial charge in [-0.15, -0.1) is 0 Å². The fourth-order valence-corrected chi connectivity index (χ4v) is 3.85. The van der Waals surface area contributed by atoms with Gasteiger partial charge in [0.1, 0.15) is 0 Å². The first-order chi connectivity index (χ1) is 11.6. The summed E-state index contributed by atoms with van der Waals surface area (Å²) in [5.74, 6) is 0.378. The maximum atomic E-state index is 12.8. The SMILES string of the molecule is NCC1CCC(C(=O)N2CCc3ccc(C(=O)NO)cc3C2)CC1. The van der Waals surface area contributed by atoms with E-state index in [-0.39, 0.29) is 11.8 Å². The Morgan fingerprint density at radius 2 is 1.96 bits per heavy atom. The molecule has 1 aromatic carbocycles. The Bertz CT molecular complexity index is 624. The number of hydrogen-bond donors (Lipinski definition) is 3. The number of nitrogens with two attached hydrogens (primary N) is 1. The van der Waals surface area contributed by atoms with Gasteiger partial charge in [-0.1, -0.05) is 6.07 Å². The van der Waals surface area contributed by atoms with Crippen molar-refractivity contribution < 1.29 is 14.8 Å². The van der Waals surface area contributed by atoms with Crippen molar-refractivity contribution in [1.82, 2.24) is 10.4 Å². The van der Waals surface area contributed by atoms with Crippen LogP contribution in [0.5, 0.6) is 0 Å². The summed E-state index contributed by atoms with van der Waals surface area (Å²) in [4.78, 5) is 26.3. The van der Waals surface area contributed by atoms with E-state index in [4.69, 9.17) is 10.9 Å². The summed E-state index contributed by atoms with van der Waals surface area (Å²) in [5, 5.41) is 8.77. The van der Waals surface area contributed by atoms with E-state index in [1.807, 2.05) is 11.0 Å².